The molecular formula is C13H13N3O2. The standard InChI is InChI=1S/C13H13N3O2/c1-16-8-10(7-15-16)11-4-9(6-14)5-12(17-2)13(11)18-3/h4-5,7-8H,1-3H3. The number of ether oxygens (including phenoxy) is 2. The number of hydrogen-bond acceptors (Lipinski definition) is 4. The SMILES string of the molecule is COc1cc(C#N)cc(-c2cnn(C)c2)c1OC. The molecule has 18 heavy (non-hydrogen) atoms. The molecule has 0 amide bonds. The summed E-state index contributed by atoms with van der Waals surface area (Å²) >= 11 is 0. The van der Waals surface area contributed by atoms with Crippen LogP contribution in [-0.4, -0.2) is 24.0 Å². The van der Waals surface area contributed by atoms with Crippen molar-refractivity contribution in [3.63, 3.8) is 0 Å². The van der Waals surface area contributed by atoms with E-state index in [0.717, 1.165) is 11.1 Å². The van der Waals surface area contributed by atoms with Crippen molar-refractivity contribution in [2.24, 2.45) is 7.05 Å². The lowest BCUT2D eigenvalue weighted by Crippen LogP contribution is -1.94. The summed E-state index contributed by atoms with van der Waals surface area (Å²) < 4.78 is 12.3. The summed E-state index contributed by atoms with van der Waals surface area (Å²) in [5.74, 6) is 1.14. The molecule has 0 bridgehead atoms. The summed E-state index contributed by atoms with van der Waals surface area (Å²) in [4.78, 5) is 0. The fourth-order valence-electron chi connectivity index (χ4n) is 1.80. The summed E-state index contributed by atoms with van der Waals surface area (Å²) in [6.07, 6.45) is 3.58. The van der Waals surface area contributed by atoms with Gasteiger partial charge in [0.05, 0.1) is 32.0 Å². The number of aryl methyl sites for hydroxylation is 1. The molecule has 2 rings (SSSR count). The Labute approximate surface area is 105 Å². The van der Waals surface area contributed by atoms with Gasteiger partial charge in [0.2, 0.25) is 0 Å². The fourth-order valence-corrected chi connectivity index (χ4v) is 1.80. The van der Waals surface area contributed by atoms with Gasteiger partial charge in [0.25, 0.3) is 0 Å². The van der Waals surface area contributed by atoms with Crippen molar-refractivity contribution in [1.82, 2.24) is 9.78 Å². The van der Waals surface area contributed by atoms with Crippen molar-refractivity contribution in [2.75, 3.05) is 14.2 Å². The molecule has 0 radical (unpaired) electrons. The van der Waals surface area contributed by atoms with Crippen LogP contribution < -0.4 is 9.47 Å². The van der Waals surface area contributed by atoms with Gasteiger partial charge in [-0.3, -0.25) is 4.68 Å². The highest BCUT2D eigenvalue weighted by molar-refractivity contribution is 5.75. The second-order valence-electron chi connectivity index (χ2n) is 3.77. The normalized spacial score (nSPS) is 9.89. The first-order chi connectivity index (χ1) is 8.69. The van der Waals surface area contributed by atoms with Gasteiger partial charge in [0, 0.05) is 30.4 Å². The predicted molar refractivity (Wildman–Crippen MR) is 66.5 cm³/mol. The van der Waals surface area contributed by atoms with Crippen LogP contribution >= 0.6 is 0 Å². The van der Waals surface area contributed by atoms with Crippen LogP contribution in [0.1, 0.15) is 5.56 Å². The Bertz CT molecular complexity index is 611. The summed E-state index contributed by atoms with van der Waals surface area (Å²) in [5, 5.41) is 13.1. The highest BCUT2D eigenvalue weighted by atomic mass is 16.5. The lowest BCUT2D eigenvalue weighted by Gasteiger charge is -2.12. The van der Waals surface area contributed by atoms with E-state index in [4.69, 9.17) is 14.7 Å². The smallest absolute Gasteiger partial charge is 0.168 e. The minimum Gasteiger partial charge on any atom is -0.493 e. The number of rotatable bonds is 3. The molecule has 0 saturated carbocycles. The van der Waals surface area contributed by atoms with Crippen LogP contribution in [0.4, 0.5) is 0 Å². The lowest BCUT2D eigenvalue weighted by atomic mass is 10.0. The molecule has 2 aromatic rings. The minimum atomic E-state index is 0.520. The van der Waals surface area contributed by atoms with Gasteiger partial charge in [-0.15, -0.1) is 0 Å². The van der Waals surface area contributed by atoms with Gasteiger partial charge in [-0.25, -0.2) is 0 Å². The first-order valence-corrected chi connectivity index (χ1v) is 5.34. The van der Waals surface area contributed by atoms with E-state index in [-0.39, 0.29) is 0 Å². The van der Waals surface area contributed by atoms with Gasteiger partial charge in [0.1, 0.15) is 0 Å². The first-order valence-electron chi connectivity index (χ1n) is 5.34. The van der Waals surface area contributed by atoms with E-state index in [0.29, 0.717) is 17.1 Å². The zero-order valence-electron chi connectivity index (χ0n) is 10.5. The van der Waals surface area contributed by atoms with Gasteiger partial charge in [-0.05, 0) is 6.07 Å². The Hall–Kier alpha value is -2.48. The Kier molecular flexibility index (Phi) is 3.20. The molecule has 1 heterocycles. The maximum Gasteiger partial charge on any atom is 0.168 e. The van der Waals surface area contributed by atoms with Gasteiger partial charge < -0.3 is 9.47 Å². The van der Waals surface area contributed by atoms with Crippen LogP contribution in [0.15, 0.2) is 24.5 Å². The van der Waals surface area contributed by atoms with Gasteiger partial charge >= 0.3 is 0 Å². The van der Waals surface area contributed by atoms with E-state index in [1.54, 1.807) is 37.2 Å². The molecule has 0 fully saturated rings. The maximum absolute atomic E-state index is 9.03. The fraction of sp³-hybridized carbons (Fsp3) is 0.231. The predicted octanol–water partition coefficient (Wildman–Crippen LogP) is 1.98. The van der Waals surface area contributed by atoms with Crippen molar-refractivity contribution < 1.29 is 9.47 Å². The van der Waals surface area contributed by atoms with E-state index in [1.165, 1.54) is 0 Å². The highest BCUT2D eigenvalue weighted by Gasteiger charge is 2.15. The van der Waals surface area contributed by atoms with Crippen LogP contribution in [-0.2, 0) is 7.05 Å². The quantitative estimate of drug-likeness (QED) is 0.827. The summed E-state index contributed by atoms with van der Waals surface area (Å²) in [7, 11) is 4.96. The minimum absolute atomic E-state index is 0.520. The molecule has 0 atom stereocenters. The number of nitrogens with zero attached hydrogens (tertiary/aromatic N) is 3. The van der Waals surface area contributed by atoms with E-state index in [1.807, 2.05) is 13.2 Å². The molecule has 1 aromatic heterocycles. The molecule has 0 unspecified atom stereocenters. The molecule has 0 aliphatic carbocycles. The van der Waals surface area contributed by atoms with Crippen LogP contribution in [0, 0.1) is 11.3 Å². The topological polar surface area (TPSA) is 60.1 Å². The average Bonchev–Trinajstić information content (AvgIpc) is 2.83. The molecule has 92 valence electrons. The number of hydrogen-bond donors (Lipinski definition) is 0. The van der Waals surface area contributed by atoms with Gasteiger partial charge in [-0.2, -0.15) is 10.4 Å². The molecule has 1 aromatic carbocycles. The second kappa shape index (κ2) is 4.80. The first kappa shape index (κ1) is 12.0. The van der Waals surface area contributed by atoms with Crippen LogP contribution in [0.3, 0.4) is 0 Å². The number of benzene rings is 1. The zero-order valence-corrected chi connectivity index (χ0v) is 10.5. The molecule has 0 aliphatic heterocycles. The van der Waals surface area contributed by atoms with Gasteiger partial charge in [0.15, 0.2) is 11.5 Å². The third-order valence-corrected chi connectivity index (χ3v) is 2.62. The van der Waals surface area contributed by atoms with Crippen molar-refractivity contribution >= 4 is 0 Å². The zero-order chi connectivity index (χ0) is 13.1. The average molecular weight is 243 g/mol. The van der Waals surface area contributed by atoms with Crippen LogP contribution in [0.5, 0.6) is 11.5 Å². The number of nitriles is 1. The van der Waals surface area contributed by atoms with Crippen LogP contribution in [0.25, 0.3) is 11.1 Å². The van der Waals surface area contributed by atoms with E-state index in [9.17, 15) is 0 Å². The van der Waals surface area contributed by atoms with E-state index < -0.39 is 0 Å². The third kappa shape index (κ3) is 2.00. The van der Waals surface area contributed by atoms with Crippen molar-refractivity contribution in [3.8, 4) is 28.7 Å². The molecule has 5 nitrogen and oxygen atoms in total. The number of methoxy groups -OCH3 is 2. The summed E-state index contributed by atoms with van der Waals surface area (Å²) in [5.41, 5.74) is 2.19. The van der Waals surface area contributed by atoms with Crippen molar-refractivity contribution in [1.29, 1.82) is 5.26 Å². The van der Waals surface area contributed by atoms with Crippen molar-refractivity contribution in [2.45, 2.75) is 0 Å². The van der Waals surface area contributed by atoms with Gasteiger partial charge in [-0.1, -0.05) is 0 Å². The molecule has 0 N–H and O–H groups in total. The third-order valence-electron chi connectivity index (χ3n) is 2.62. The molecule has 5 heteroatoms. The van der Waals surface area contributed by atoms with Crippen LogP contribution in [0.2, 0.25) is 0 Å². The summed E-state index contributed by atoms with van der Waals surface area (Å²) in [6.45, 7) is 0. The van der Waals surface area contributed by atoms with Crippen molar-refractivity contribution in [3.05, 3.63) is 30.1 Å². The lowest BCUT2D eigenvalue weighted by molar-refractivity contribution is 0.356. The Balaban J connectivity index is 2.68. The maximum atomic E-state index is 9.03. The highest BCUT2D eigenvalue weighted by Crippen LogP contribution is 2.38. The Morgan fingerprint density at radius 2 is 2.06 bits per heavy atom. The largest absolute Gasteiger partial charge is 0.493 e. The monoisotopic (exact) mass is 243 g/mol. The Morgan fingerprint density at radius 3 is 2.56 bits per heavy atom. The van der Waals surface area contributed by atoms with E-state index in [2.05, 4.69) is 11.2 Å². The molecule has 0 spiro atoms. The molecular weight excluding hydrogens is 230 g/mol. The summed E-state index contributed by atoms with van der Waals surface area (Å²) in [6, 6.07) is 5.52. The molecule has 0 aliphatic rings. The second-order valence-corrected chi connectivity index (χ2v) is 3.77. The Morgan fingerprint density at radius 1 is 1.28 bits per heavy atom. The van der Waals surface area contributed by atoms with E-state index >= 15 is 0 Å². The molecule has 0 saturated heterocycles. The number of aromatic nitrogens is 2.